The molecule has 2 rings (SSSR count). The number of carbonyl (C=O) groups is 1. The Kier molecular flexibility index (Phi) is 4.19. The molecule has 0 unspecified atom stereocenters. The lowest BCUT2D eigenvalue weighted by Crippen LogP contribution is -2.10. The van der Waals surface area contributed by atoms with E-state index in [0.717, 1.165) is 11.7 Å². The van der Waals surface area contributed by atoms with E-state index in [1.165, 1.54) is 6.26 Å². The maximum atomic E-state index is 9.94. The van der Waals surface area contributed by atoms with Gasteiger partial charge < -0.3 is 9.47 Å². The first-order valence-electron chi connectivity index (χ1n) is 4.28. The monoisotopic (exact) mass is 212 g/mol. The van der Waals surface area contributed by atoms with Gasteiger partial charge >= 0.3 is 5.97 Å². The van der Waals surface area contributed by atoms with E-state index in [2.05, 4.69) is 4.74 Å². The Morgan fingerprint density at radius 1 is 1.57 bits per heavy atom. The molecule has 2 heterocycles. The van der Waals surface area contributed by atoms with Crippen molar-refractivity contribution < 1.29 is 14.3 Å². The predicted octanol–water partition coefficient (Wildman–Crippen LogP) is 2.59. The van der Waals surface area contributed by atoms with Gasteiger partial charge in [-0.2, -0.15) is 0 Å². The highest BCUT2D eigenvalue weighted by atomic mass is 32.1. The van der Waals surface area contributed by atoms with Crippen LogP contribution in [-0.2, 0) is 9.53 Å². The van der Waals surface area contributed by atoms with Crippen LogP contribution >= 0.6 is 11.3 Å². The van der Waals surface area contributed by atoms with Crippen molar-refractivity contribution in [3.05, 3.63) is 29.3 Å². The molecule has 0 radical (unpaired) electrons. The molecule has 0 atom stereocenters. The Morgan fingerprint density at radius 3 is 2.57 bits per heavy atom. The molecule has 1 aliphatic rings. The number of ether oxygens (including phenoxy) is 2. The van der Waals surface area contributed by atoms with E-state index < -0.39 is 0 Å². The zero-order chi connectivity index (χ0) is 10.4. The molecule has 1 aliphatic heterocycles. The van der Waals surface area contributed by atoms with Gasteiger partial charge in [0, 0.05) is 0 Å². The summed E-state index contributed by atoms with van der Waals surface area (Å²) in [5, 5.41) is 3.01. The number of thiophene rings is 1. The number of hydrogen-bond donors (Lipinski definition) is 0. The topological polar surface area (TPSA) is 35.5 Å². The zero-order valence-electron chi connectivity index (χ0n) is 8.15. The summed E-state index contributed by atoms with van der Waals surface area (Å²) in [5.41, 5.74) is 0.704. The highest BCUT2D eigenvalue weighted by Crippen LogP contribution is 2.17. The molecule has 14 heavy (non-hydrogen) atoms. The Balaban J connectivity index is 0.000000146. The average molecular weight is 212 g/mol. The lowest BCUT2D eigenvalue weighted by molar-refractivity contribution is -0.138. The van der Waals surface area contributed by atoms with Crippen molar-refractivity contribution in [1.29, 1.82) is 0 Å². The van der Waals surface area contributed by atoms with Gasteiger partial charge in [0.05, 0.1) is 12.2 Å². The minimum Gasteiger partial charge on any atom is -0.484 e. The number of esters is 1. The van der Waals surface area contributed by atoms with Crippen LogP contribution in [0.1, 0.15) is 13.8 Å². The second-order valence-corrected chi connectivity index (χ2v) is 3.48. The minimum absolute atomic E-state index is 0.199. The molecule has 4 heteroatoms. The summed E-state index contributed by atoms with van der Waals surface area (Å²) in [4.78, 5) is 9.94. The molecule has 3 nitrogen and oxygen atoms in total. The van der Waals surface area contributed by atoms with Gasteiger partial charge in [0.1, 0.15) is 6.26 Å². The maximum absolute atomic E-state index is 9.94. The molecule has 0 saturated carbocycles. The Labute approximate surface area is 87.0 Å². The van der Waals surface area contributed by atoms with Crippen molar-refractivity contribution in [2.45, 2.75) is 13.8 Å². The number of rotatable bonds is 2. The van der Waals surface area contributed by atoms with Crippen molar-refractivity contribution in [3.63, 3.8) is 0 Å². The first kappa shape index (κ1) is 10.8. The molecule has 1 aromatic heterocycles. The normalized spacial score (nSPS) is 13.0. The number of carbonyl (C=O) groups excluding carboxylic acids is 1. The van der Waals surface area contributed by atoms with E-state index in [1.54, 1.807) is 18.3 Å². The summed E-state index contributed by atoms with van der Waals surface area (Å²) in [5.74, 6) is -0.199. The molecule has 0 aromatic carbocycles. The standard InChI is InChI=1S/C6H8OS.C4H4O2/c1-2-7-6-4-3-5-8-6;1-3-2-6-4(3)5/h3-5H,2H2,1H3;2H,1H3. The average Bonchev–Trinajstić information content (AvgIpc) is 2.69. The number of cyclic esters (lactones) is 1. The highest BCUT2D eigenvalue weighted by molar-refractivity contribution is 7.11. The van der Waals surface area contributed by atoms with E-state index in [1.807, 2.05) is 24.4 Å². The van der Waals surface area contributed by atoms with Crippen LogP contribution in [-0.4, -0.2) is 12.6 Å². The molecule has 0 saturated heterocycles. The fourth-order valence-electron chi connectivity index (χ4n) is 0.713. The van der Waals surface area contributed by atoms with Gasteiger partial charge in [-0.1, -0.05) is 0 Å². The van der Waals surface area contributed by atoms with Crippen LogP contribution in [0.3, 0.4) is 0 Å². The second kappa shape index (κ2) is 5.44. The molecule has 1 aromatic rings. The van der Waals surface area contributed by atoms with Crippen LogP contribution in [0.2, 0.25) is 0 Å². The first-order valence-corrected chi connectivity index (χ1v) is 5.16. The van der Waals surface area contributed by atoms with E-state index in [9.17, 15) is 4.79 Å². The van der Waals surface area contributed by atoms with Crippen LogP contribution in [0.15, 0.2) is 29.3 Å². The molecule has 0 N–H and O–H groups in total. The lowest BCUT2D eigenvalue weighted by Gasteiger charge is -2.05. The minimum atomic E-state index is -0.199. The molecule has 0 fully saturated rings. The van der Waals surface area contributed by atoms with Gasteiger partial charge in [0.2, 0.25) is 0 Å². The third kappa shape index (κ3) is 3.22. The van der Waals surface area contributed by atoms with Crippen molar-refractivity contribution in [2.75, 3.05) is 6.61 Å². The lowest BCUT2D eigenvalue weighted by atomic mass is 10.3. The van der Waals surface area contributed by atoms with Crippen LogP contribution < -0.4 is 4.74 Å². The highest BCUT2D eigenvalue weighted by Gasteiger charge is 2.12. The van der Waals surface area contributed by atoms with Crippen LogP contribution in [0.5, 0.6) is 5.06 Å². The first-order chi connectivity index (χ1) is 6.74. The van der Waals surface area contributed by atoms with Gasteiger partial charge in [-0.15, -0.1) is 11.3 Å². The van der Waals surface area contributed by atoms with Crippen LogP contribution in [0.4, 0.5) is 0 Å². The van der Waals surface area contributed by atoms with Gasteiger partial charge in [0.25, 0.3) is 0 Å². The van der Waals surface area contributed by atoms with E-state index in [-0.39, 0.29) is 5.97 Å². The summed E-state index contributed by atoms with van der Waals surface area (Å²) < 4.78 is 9.41. The molecule has 0 bridgehead atoms. The quantitative estimate of drug-likeness (QED) is 0.707. The Hall–Kier alpha value is -1.29. The third-order valence-corrected chi connectivity index (χ3v) is 2.23. The van der Waals surface area contributed by atoms with E-state index in [4.69, 9.17) is 4.74 Å². The van der Waals surface area contributed by atoms with Gasteiger partial charge in [0.15, 0.2) is 5.06 Å². The third-order valence-electron chi connectivity index (χ3n) is 1.45. The SMILES string of the molecule is CC1=COC1=O.CCOc1cccs1. The largest absolute Gasteiger partial charge is 0.484 e. The molecule has 0 amide bonds. The zero-order valence-corrected chi connectivity index (χ0v) is 8.97. The summed E-state index contributed by atoms with van der Waals surface area (Å²) >= 11 is 1.63. The molecular weight excluding hydrogens is 200 g/mol. The van der Waals surface area contributed by atoms with Gasteiger partial charge in [-0.3, -0.25) is 0 Å². The fraction of sp³-hybridized carbons (Fsp3) is 0.300. The van der Waals surface area contributed by atoms with Crippen molar-refractivity contribution in [1.82, 2.24) is 0 Å². The van der Waals surface area contributed by atoms with Crippen molar-refractivity contribution >= 4 is 17.3 Å². The Morgan fingerprint density at radius 2 is 2.29 bits per heavy atom. The second-order valence-electron chi connectivity index (χ2n) is 2.57. The van der Waals surface area contributed by atoms with Crippen molar-refractivity contribution in [2.24, 2.45) is 0 Å². The Bertz CT molecular complexity index is 314. The predicted molar refractivity (Wildman–Crippen MR) is 55.3 cm³/mol. The maximum Gasteiger partial charge on any atom is 0.341 e. The summed E-state index contributed by atoms with van der Waals surface area (Å²) in [6.45, 7) is 4.46. The molecule has 0 aliphatic carbocycles. The summed E-state index contributed by atoms with van der Waals surface area (Å²) in [7, 11) is 0. The smallest absolute Gasteiger partial charge is 0.341 e. The van der Waals surface area contributed by atoms with Gasteiger partial charge in [-0.05, 0) is 31.4 Å². The summed E-state index contributed by atoms with van der Waals surface area (Å²) in [6, 6.07) is 3.95. The molecule has 0 spiro atoms. The molecule has 76 valence electrons. The number of hydrogen-bond acceptors (Lipinski definition) is 4. The molecular formula is C10H12O3S. The van der Waals surface area contributed by atoms with Crippen LogP contribution in [0.25, 0.3) is 0 Å². The van der Waals surface area contributed by atoms with E-state index in [0.29, 0.717) is 5.57 Å². The van der Waals surface area contributed by atoms with E-state index >= 15 is 0 Å². The summed E-state index contributed by atoms with van der Waals surface area (Å²) in [6.07, 6.45) is 1.43. The van der Waals surface area contributed by atoms with Gasteiger partial charge in [-0.25, -0.2) is 4.79 Å². The fourth-order valence-corrected chi connectivity index (χ4v) is 1.35. The van der Waals surface area contributed by atoms with Crippen LogP contribution in [0, 0.1) is 0 Å². The van der Waals surface area contributed by atoms with Crippen molar-refractivity contribution in [3.8, 4) is 5.06 Å².